The van der Waals surface area contributed by atoms with E-state index in [4.69, 9.17) is 29.7 Å². The Labute approximate surface area is 331 Å². The summed E-state index contributed by atoms with van der Waals surface area (Å²) in [5.41, 5.74) is 6.16. The van der Waals surface area contributed by atoms with Gasteiger partial charge in [0, 0.05) is 24.7 Å². The van der Waals surface area contributed by atoms with Crippen LogP contribution in [0, 0.1) is 0 Å². The maximum atomic E-state index is 12.7. The molecular formula is C39H77N4O9PS. The number of unbranched alkanes of at least 4 members (excludes halogenated alkanes) is 16. The first-order chi connectivity index (χ1) is 26.0. The van der Waals surface area contributed by atoms with E-state index in [9.17, 15) is 18.9 Å². The van der Waals surface area contributed by atoms with Crippen LogP contribution >= 0.6 is 19.4 Å². The quantitative estimate of drug-likeness (QED) is 0.0242. The molecule has 3 amide bonds. The van der Waals surface area contributed by atoms with Crippen molar-refractivity contribution in [3.63, 3.8) is 0 Å². The van der Waals surface area contributed by atoms with Gasteiger partial charge in [-0.1, -0.05) is 116 Å². The molecule has 0 aliphatic heterocycles. The predicted octanol–water partition coefficient (Wildman–Crippen LogP) is 6.00. The Hall–Kier alpha value is -1.51. The lowest BCUT2D eigenvalue weighted by atomic mass is 10.1. The average Bonchev–Trinajstić information content (AvgIpc) is 3.13. The van der Waals surface area contributed by atoms with Crippen LogP contribution in [0.5, 0.6) is 0 Å². The van der Waals surface area contributed by atoms with Crippen LogP contribution in [0.15, 0.2) is 12.2 Å². The fraction of sp³-hybridized carbons (Fsp3) is 0.872. The van der Waals surface area contributed by atoms with Crippen molar-refractivity contribution in [3.05, 3.63) is 12.2 Å². The van der Waals surface area contributed by atoms with Crippen molar-refractivity contribution in [2.45, 2.75) is 154 Å². The fourth-order valence-electron chi connectivity index (χ4n) is 5.41. The van der Waals surface area contributed by atoms with Crippen LogP contribution in [0.3, 0.4) is 0 Å². The number of amides is 3. The third-order valence-electron chi connectivity index (χ3n) is 8.70. The molecule has 0 aliphatic rings. The molecule has 0 rings (SSSR count). The molecule has 13 nitrogen and oxygen atoms in total. The molecule has 318 valence electrons. The highest BCUT2D eigenvalue weighted by Crippen LogP contribution is 2.33. The zero-order chi connectivity index (χ0) is 40.1. The van der Waals surface area contributed by atoms with E-state index < -0.39 is 25.6 Å². The molecule has 0 aliphatic carbocycles. The van der Waals surface area contributed by atoms with Gasteiger partial charge in [0.1, 0.15) is 6.04 Å². The predicted molar refractivity (Wildman–Crippen MR) is 221 cm³/mol. The molecule has 3 atom stereocenters. The smallest absolute Gasteiger partial charge is 0.327 e. The number of rotatable bonds is 39. The van der Waals surface area contributed by atoms with Crippen LogP contribution in [0.2, 0.25) is 0 Å². The van der Waals surface area contributed by atoms with E-state index in [1.807, 2.05) is 6.08 Å². The molecule has 0 fully saturated rings. The van der Waals surface area contributed by atoms with Crippen LogP contribution in [0.1, 0.15) is 136 Å². The molecular weight excluding hydrogens is 731 g/mol. The Morgan fingerprint density at radius 3 is 1.85 bits per heavy atom. The molecule has 7 N–H and O–H groups in total. The SMILES string of the molecule is CCCCCCCCCC=CC(=O)N[C@H](COCCCCCCCCCCCC)CSC[C@H](N)C(=O)N[C@@H](C)C(=O)NCCOCCOCCP(=O)(O)O. The Bertz CT molecular complexity index is 1010. The van der Waals surface area contributed by atoms with Crippen molar-refractivity contribution >= 4 is 37.1 Å². The van der Waals surface area contributed by atoms with Gasteiger partial charge in [-0.25, -0.2) is 0 Å². The minimum absolute atomic E-state index is 0.0652. The van der Waals surface area contributed by atoms with Crippen LogP contribution in [-0.2, 0) is 33.2 Å². The molecule has 0 aromatic rings. The lowest BCUT2D eigenvalue weighted by molar-refractivity contribution is -0.129. The summed E-state index contributed by atoms with van der Waals surface area (Å²) >= 11 is 1.46. The summed E-state index contributed by atoms with van der Waals surface area (Å²) in [4.78, 5) is 55.5. The highest BCUT2D eigenvalue weighted by Gasteiger charge is 2.21. The van der Waals surface area contributed by atoms with E-state index in [0.717, 1.165) is 25.7 Å². The molecule has 54 heavy (non-hydrogen) atoms. The van der Waals surface area contributed by atoms with E-state index in [0.29, 0.717) is 24.7 Å². The standard InChI is InChI=1S/C39H77N4O9PS/c1-4-6-8-10-12-14-16-18-20-22-25-52-31-35(43-37(44)23-21-19-17-15-13-11-9-7-5-2)32-54-33-36(40)39(46)42-34(3)38(45)41-24-26-50-27-28-51-29-30-53(47,48)49/h21,23,34-36H,4-20,22,24-33,40H2,1-3H3,(H,41,45)(H,42,46)(H,43,44)(H2,47,48,49)/t34-,35+,36-/m0/s1. The van der Waals surface area contributed by atoms with Gasteiger partial charge in [0.2, 0.25) is 17.7 Å². The first-order valence-electron chi connectivity index (χ1n) is 20.7. The van der Waals surface area contributed by atoms with Gasteiger partial charge in [0.15, 0.2) is 0 Å². The number of hydrogen-bond donors (Lipinski definition) is 6. The summed E-state index contributed by atoms with van der Waals surface area (Å²) in [6.45, 7) is 7.80. The van der Waals surface area contributed by atoms with E-state index >= 15 is 0 Å². The van der Waals surface area contributed by atoms with Crippen LogP contribution in [-0.4, -0.2) is 109 Å². The van der Waals surface area contributed by atoms with E-state index in [2.05, 4.69) is 29.8 Å². The normalized spacial score (nSPS) is 13.5. The molecule has 15 heteroatoms. The van der Waals surface area contributed by atoms with Crippen molar-refractivity contribution in [2.75, 3.05) is 63.9 Å². The number of nitrogens with one attached hydrogen (secondary N) is 3. The molecule has 0 bridgehead atoms. The number of allylic oxidation sites excluding steroid dienone is 1. The highest BCUT2D eigenvalue weighted by atomic mass is 32.2. The third-order valence-corrected chi connectivity index (χ3v) is 10.7. The molecule has 0 saturated carbocycles. The van der Waals surface area contributed by atoms with Gasteiger partial charge in [-0.15, -0.1) is 0 Å². The number of carbonyl (C=O) groups excluding carboxylic acids is 3. The fourth-order valence-corrected chi connectivity index (χ4v) is 6.78. The third kappa shape index (κ3) is 36.1. The maximum Gasteiger partial charge on any atom is 0.327 e. The average molecular weight is 809 g/mol. The lowest BCUT2D eigenvalue weighted by Gasteiger charge is -2.20. The molecule has 0 spiro atoms. The molecule has 0 heterocycles. The minimum atomic E-state index is -4.08. The minimum Gasteiger partial charge on any atom is -0.379 e. The second-order valence-electron chi connectivity index (χ2n) is 14.1. The Kier molecular flexibility index (Phi) is 36.1. The van der Waals surface area contributed by atoms with Gasteiger partial charge in [-0.05, 0) is 32.3 Å². The summed E-state index contributed by atoms with van der Waals surface area (Å²) in [5, 5.41) is 8.39. The number of ether oxygens (including phenoxy) is 3. The van der Waals surface area contributed by atoms with Gasteiger partial charge in [0.25, 0.3) is 0 Å². The number of nitrogens with two attached hydrogens (primary N) is 1. The van der Waals surface area contributed by atoms with E-state index in [1.54, 1.807) is 13.0 Å². The highest BCUT2D eigenvalue weighted by molar-refractivity contribution is 7.99. The van der Waals surface area contributed by atoms with Gasteiger partial charge in [0.05, 0.1) is 51.3 Å². The van der Waals surface area contributed by atoms with E-state index in [1.165, 1.54) is 102 Å². The molecule has 0 aromatic heterocycles. The summed E-state index contributed by atoms with van der Waals surface area (Å²) in [5.74, 6) is -0.138. The van der Waals surface area contributed by atoms with Crippen molar-refractivity contribution in [3.8, 4) is 0 Å². The number of hydrogen-bond acceptors (Lipinski definition) is 9. The maximum absolute atomic E-state index is 12.7. The summed E-state index contributed by atoms with van der Waals surface area (Å²) in [6, 6.07) is -1.88. The number of carbonyl (C=O) groups is 3. The van der Waals surface area contributed by atoms with Crippen molar-refractivity contribution in [2.24, 2.45) is 5.73 Å². The van der Waals surface area contributed by atoms with Crippen molar-refractivity contribution < 1.29 is 42.9 Å². The van der Waals surface area contributed by atoms with Gasteiger partial charge in [-0.3, -0.25) is 18.9 Å². The Morgan fingerprint density at radius 1 is 0.704 bits per heavy atom. The molecule has 0 saturated heterocycles. The largest absolute Gasteiger partial charge is 0.379 e. The van der Waals surface area contributed by atoms with Gasteiger partial charge >= 0.3 is 7.60 Å². The zero-order valence-electron chi connectivity index (χ0n) is 33.9. The van der Waals surface area contributed by atoms with Crippen LogP contribution in [0.25, 0.3) is 0 Å². The van der Waals surface area contributed by atoms with Crippen LogP contribution in [0.4, 0.5) is 0 Å². The Morgan fingerprint density at radius 2 is 1.26 bits per heavy atom. The van der Waals surface area contributed by atoms with Crippen molar-refractivity contribution in [1.82, 2.24) is 16.0 Å². The summed E-state index contributed by atoms with van der Waals surface area (Å²) < 4.78 is 27.2. The topological polar surface area (TPSA) is 199 Å². The molecule has 0 aromatic carbocycles. The van der Waals surface area contributed by atoms with Crippen molar-refractivity contribution in [1.29, 1.82) is 0 Å². The first-order valence-corrected chi connectivity index (χ1v) is 23.6. The molecule has 0 radical (unpaired) electrons. The Balaban J connectivity index is 4.53. The monoisotopic (exact) mass is 809 g/mol. The second kappa shape index (κ2) is 37.1. The summed E-state index contributed by atoms with van der Waals surface area (Å²) in [6.07, 6.45) is 25.3. The second-order valence-corrected chi connectivity index (χ2v) is 16.9. The zero-order valence-corrected chi connectivity index (χ0v) is 35.6. The van der Waals surface area contributed by atoms with E-state index in [-0.39, 0.29) is 57.0 Å². The number of thioether (sulfide) groups is 1. The molecule has 0 unspecified atom stereocenters. The summed E-state index contributed by atoms with van der Waals surface area (Å²) in [7, 11) is -4.08. The van der Waals surface area contributed by atoms with Gasteiger partial charge in [-0.2, -0.15) is 11.8 Å². The lowest BCUT2D eigenvalue weighted by Crippen LogP contribution is -2.51. The first kappa shape index (κ1) is 52.5. The van der Waals surface area contributed by atoms with Crippen LogP contribution < -0.4 is 21.7 Å². The van der Waals surface area contributed by atoms with Gasteiger partial charge < -0.3 is 45.7 Å².